The molecule has 3 N–H and O–H groups in total. The number of nitrogens with one attached hydrogen (secondary N) is 3. The molecular weight excluding hydrogens is 428 g/mol. The minimum Gasteiger partial charge on any atom is -0.496 e. The van der Waals surface area contributed by atoms with Gasteiger partial charge >= 0.3 is 11.8 Å². The molecule has 0 spiro atoms. The Morgan fingerprint density at radius 1 is 1.19 bits per heavy atom. The number of amides is 3. The molecule has 11 nitrogen and oxygen atoms in total. The van der Waals surface area contributed by atoms with Gasteiger partial charge in [-0.2, -0.15) is 0 Å². The predicted molar refractivity (Wildman–Crippen MR) is 112 cm³/mol. The molecule has 2 rings (SSSR count). The van der Waals surface area contributed by atoms with E-state index in [0.717, 1.165) is 6.26 Å². The number of methoxy groups -OCH3 is 1. The Morgan fingerprint density at radius 3 is 2.48 bits per heavy atom. The standard InChI is InChI=1S/C19H24N4O7S/c1-19(2,10-21-16(24)9-31(4,27)28)23-18(26)17(25)22-12-5-6-13(14(7-12)29-3)15-8-20-11-30-15/h5-8,11H,9-10H2,1-4H3,(H,21,24)(H,22,25)(H,23,26). The maximum absolute atomic E-state index is 12.3. The van der Waals surface area contributed by atoms with E-state index in [-0.39, 0.29) is 6.54 Å². The lowest BCUT2D eigenvalue weighted by atomic mass is 10.1. The summed E-state index contributed by atoms with van der Waals surface area (Å²) in [6.07, 6.45) is 3.73. The quantitative estimate of drug-likeness (QED) is 0.484. The normalized spacial score (nSPS) is 11.5. The van der Waals surface area contributed by atoms with Gasteiger partial charge in [-0.15, -0.1) is 0 Å². The fraction of sp³-hybridized carbons (Fsp3) is 0.368. The lowest BCUT2D eigenvalue weighted by molar-refractivity contribution is -0.137. The number of rotatable bonds is 8. The Kier molecular flexibility index (Phi) is 7.39. The molecule has 2 aromatic rings. The molecule has 168 valence electrons. The van der Waals surface area contributed by atoms with Crippen molar-refractivity contribution in [2.75, 3.05) is 31.0 Å². The molecule has 0 aliphatic heterocycles. The number of anilines is 1. The van der Waals surface area contributed by atoms with Crippen molar-refractivity contribution in [1.29, 1.82) is 0 Å². The first-order valence-corrected chi connectivity index (χ1v) is 11.1. The number of oxazole rings is 1. The van der Waals surface area contributed by atoms with Gasteiger partial charge in [0, 0.05) is 24.6 Å². The molecule has 0 radical (unpaired) electrons. The average Bonchev–Trinajstić information content (AvgIpc) is 3.19. The zero-order chi connectivity index (χ0) is 23.2. The molecule has 0 aliphatic carbocycles. The molecule has 1 aromatic carbocycles. The zero-order valence-electron chi connectivity index (χ0n) is 17.5. The number of nitrogens with zero attached hydrogens (tertiary/aromatic N) is 1. The topological polar surface area (TPSA) is 157 Å². The second-order valence-corrected chi connectivity index (χ2v) is 9.56. The molecule has 0 unspecified atom stereocenters. The van der Waals surface area contributed by atoms with Gasteiger partial charge in [-0.25, -0.2) is 13.4 Å². The van der Waals surface area contributed by atoms with E-state index < -0.39 is 38.9 Å². The van der Waals surface area contributed by atoms with E-state index in [0.29, 0.717) is 22.8 Å². The van der Waals surface area contributed by atoms with Crippen LogP contribution in [0.3, 0.4) is 0 Å². The second kappa shape index (κ2) is 9.60. The zero-order valence-corrected chi connectivity index (χ0v) is 18.3. The molecule has 0 saturated heterocycles. The molecular formula is C19H24N4O7S. The van der Waals surface area contributed by atoms with Gasteiger partial charge in [-0.1, -0.05) is 0 Å². The summed E-state index contributed by atoms with van der Waals surface area (Å²) in [5.41, 5.74) is -0.0666. The third kappa shape index (κ3) is 7.41. The van der Waals surface area contributed by atoms with Gasteiger partial charge in [-0.05, 0) is 26.0 Å². The van der Waals surface area contributed by atoms with E-state index in [1.165, 1.54) is 25.8 Å². The molecule has 0 bridgehead atoms. The van der Waals surface area contributed by atoms with E-state index in [1.54, 1.807) is 26.0 Å². The summed E-state index contributed by atoms with van der Waals surface area (Å²) in [5, 5.41) is 7.36. The molecule has 3 amide bonds. The smallest absolute Gasteiger partial charge is 0.313 e. The SMILES string of the molecule is COc1cc(NC(=O)C(=O)NC(C)(C)CNC(=O)CS(C)(=O)=O)ccc1-c1cnco1. The van der Waals surface area contributed by atoms with Crippen LogP contribution in [0.2, 0.25) is 0 Å². The summed E-state index contributed by atoms with van der Waals surface area (Å²) >= 11 is 0. The summed E-state index contributed by atoms with van der Waals surface area (Å²) in [5.74, 6) is -2.33. The van der Waals surface area contributed by atoms with Crippen LogP contribution in [0.15, 0.2) is 35.2 Å². The summed E-state index contributed by atoms with van der Waals surface area (Å²) in [7, 11) is -2.02. The number of sulfone groups is 1. The Labute approximate surface area is 179 Å². The maximum Gasteiger partial charge on any atom is 0.313 e. The summed E-state index contributed by atoms with van der Waals surface area (Å²) < 4.78 is 32.8. The molecule has 31 heavy (non-hydrogen) atoms. The second-order valence-electron chi connectivity index (χ2n) is 7.42. The van der Waals surface area contributed by atoms with Crippen LogP contribution in [0.25, 0.3) is 11.3 Å². The monoisotopic (exact) mass is 452 g/mol. The van der Waals surface area contributed by atoms with Crippen molar-refractivity contribution < 1.29 is 32.0 Å². The summed E-state index contributed by atoms with van der Waals surface area (Å²) in [6, 6.07) is 4.75. The van der Waals surface area contributed by atoms with Crippen LogP contribution in [-0.4, -0.2) is 62.3 Å². The fourth-order valence-corrected chi connectivity index (χ4v) is 3.10. The fourth-order valence-electron chi connectivity index (χ4n) is 2.53. The van der Waals surface area contributed by atoms with E-state index in [2.05, 4.69) is 20.9 Å². The van der Waals surface area contributed by atoms with Gasteiger partial charge < -0.3 is 25.1 Å². The van der Waals surface area contributed by atoms with Gasteiger partial charge in [0.15, 0.2) is 22.0 Å². The van der Waals surface area contributed by atoms with Crippen molar-refractivity contribution in [3.05, 3.63) is 30.8 Å². The minimum absolute atomic E-state index is 0.0694. The van der Waals surface area contributed by atoms with Crippen LogP contribution < -0.4 is 20.7 Å². The third-order valence-electron chi connectivity index (χ3n) is 3.94. The first kappa shape index (κ1) is 23.9. The number of carbonyl (C=O) groups excluding carboxylic acids is 3. The number of hydrogen-bond donors (Lipinski definition) is 3. The first-order chi connectivity index (χ1) is 14.4. The van der Waals surface area contributed by atoms with Gasteiger partial charge in [0.05, 0.1) is 24.4 Å². The van der Waals surface area contributed by atoms with Crippen LogP contribution in [0, 0.1) is 0 Å². The first-order valence-electron chi connectivity index (χ1n) is 9.05. The molecule has 0 atom stereocenters. The average molecular weight is 452 g/mol. The molecule has 1 aromatic heterocycles. The number of aromatic nitrogens is 1. The third-order valence-corrected chi connectivity index (χ3v) is 4.72. The summed E-state index contributed by atoms with van der Waals surface area (Å²) in [6.45, 7) is 3.09. The van der Waals surface area contributed by atoms with Crippen LogP contribution in [-0.2, 0) is 24.2 Å². The van der Waals surface area contributed by atoms with Crippen molar-refractivity contribution in [1.82, 2.24) is 15.6 Å². The Hall–Kier alpha value is -3.41. The molecule has 0 fully saturated rings. The Morgan fingerprint density at radius 2 is 1.90 bits per heavy atom. The van der Waals surface area contributed by atoms with Gasteiger partial charge in [0.2, 0.25) is 5.91 Å². The largest absolute Gasteiger partial charge is 0.496 e. The molecule has 0 aliphatic rings. The van der Waals surface area contributed by atoms with Crippen molar-refractivity contribution in [3.8, 4) is 17.1 Å². The van der Waals surface area contributed by atoms with Gasteiger partial charge in [-0.3, -0.25) is 14.4 Å². The Balaban J connectivity index is 1.97. The lowest BCUT2D eigenvalue weighted by Gasteiger charge is -2.26. The molecule has 1 heterocycles. The van der Waals surface area contributed by atoms with Crippen LogP contribution in [0.4, 0.5) is 5.69 Å². The van der Waals surface area contributed by atoms with E-state index >= 15 is 0 Å². The Bertz CT molecular complexity index is 1060. The van der Waals surface area contributed by atoms with Crippen molar-refractivity contribution >= 4 is 33.2 Å². The lowest BCUT2D eigenvalue weighted by Crippen LogP contribution is -2.54. The minimum atomic E-state index is -3.47. The van der Waals surface area contributed by atoms with E-state index in [9.17, 15) is 22.8 Å². The highest BCUT2D eigenvalue weighted by molar-refractivity contribution is 7.91. The highest BCUT2D eigenvalue weighted by Gasteiger charge is 2.26. The highest BCUT2D eigenvalue weighted by atomic mass is 32.2. The maximum atomic E-state index is 12.3. The van der Waals surface area contributed by atoms with E-state index in [4.69, 9.17) is 9.15 Å². The molecule has 0 saturated carbocycles. The van der Waals surface area contributed by atoms with Crippen LogP contribution in [0.1, 0.15) is 13.8 Å². The van der Waals surface area contributed by atoms with Crippen molar-refractivity contribution in [2.24, 2.45) is 0 Å². The van der Waals surface area contributed by atoms with Crippen molar-refractivity contribution in [2.45, 2.75) is 19.4 Å². The highest BCUT2D eigenvalue weighted by Crippen LogP contribution is 2.32. The number of hydrogen-bond acceptors (Lipinski definition) is 8. The molecule has 12 heteroatoms. The van der Waals surface area contributed by atoms with Gasteiger partial charge in [0.25, 0.3) is 0 Å². The summed E-state index contributed by atoms with van der Waals surface area (Å²) in [4.78, 5) is 40.0. The number of carbonyl (C=O) groups is 3. The van der Waals surface area contributed by atoms with Gasteiger partial charge in [0.1, 0.15) is 11.5 Å². The number of ether oxygens (including phenoxy) is 1. The predicted octanol–water partition coefficient (Wildman–Crippen LogP) is 0.344. The van der Waals surface area contributed by atoms with E-state index in [1.807, 2.05) is 0 Å². The van der Waals surface area contributed by atoms with Crippen LogP contribution >= 0.6 is 0 Å². The van der Waals surface area contributed by atoms with Crippen LogP contribution in [0.5, 0.6) is 5.75 Å². The van der Waals surface area contributed by atoms with Crippen molar-refractivity contribution in [3.63, 3.8) is 0 Å². The number of benzene rings is 1.